The Kier molecular flexibility index (Phi) is 3.21. The number of carboxylic acids is 1. The molecule has 1 fully saturated rings. The van der Waals surface area contributed by atoms with E-state index in [2.05, 4.69) is 4.98 Å². The van der Waals surface area contributed by atoms with E-state index >= 15 is 0 Å². The van der Waals surface area contributed by atoms with E-state index in [9.17, 15) is 9.90 Å². The van der Waals surface area contributed by atoms with Gasteiger partial charge in [0.25, 0.3) is 0 Å². The Morgan fingerprint density at radius 2 is 2.25 bits per heavy atom. The van der Waals surface area contributed by atoms with Gasteiger partial charge in [-0.15, -0.1) is 0 Å². The third-order valence-corrected chi connectivity index (χ3v) is 2.65. The largest absolute Gasteiger partial charge is 0.480 e. The molecular weight excluding hydrogens is 210 g/mol. The van der Waals surface area contributed by atoms with Crippen molar-refractivity contribution in [3.63, 3.8) is 0 Å². The Morgan fingerprint density at radius 1 is 1.56 bits per heavy atom. The Hall–Kier alpha value is -1.40. The van der Waals surface area contributed by atoms with Crippen molar-refractivity contribution >= 4 is 5.97 Å². The Labute approximate surface area is 93.4 Å². The number of ether oxygens (including phenoxy) is 1. The standard InChI is InChI=1S/C10H15N3O3/c1-12-6-8(11-7-12)9(10(14)15)13-2-4-16-5-3-13/h6-7,9H,2-5H2,1H3,(H,14,15). The smallest absolute Gasteiger partial charge is 0.327 e. The fraction of sp³-hybridized carbons (Fsp3) is 0.600. The second kappa shape index (κ2) is 4.63. The summed E-state index contributed by atoms with van der Waals surface area (Å²) in [5, 5.41) is 9.26. The lowest BCUT2D eigenvalue weighted by Gasteiger charge is -2.30. The van der Waals surface area contributed by atoms with Gasteiger partial charge in [0.05, 0.1) is 25.2 Å². The fourth-order valence-corrected chi connectivity index (χ4v) is 1.88. The zero-order valence-corrected chi connectivity index (χ0v) is 9.17. The minimum atomic E-state index is -0.861. The van der Waals surface area contributed by atoms with Crippen molar-refractivity contribution in [3.05, 3.63) is 18.2 Å². The molecule has 2 rings (SSSR count). The number of aromatic nitrogens is 2. The maximum Gasteiger partial charge on any atom is 0.327 e. The highest BCUT2D eigenvalue weighted by atomic mass is 16.5. The summed E-state index contributed by atoms with van der Waals surface area (Å²) in [5.41, 5.74) is 0.580. The van der Waals surface area contributed by atoms with Gasteiger partial charge < -0.3 is 14.4 Å². The molecule has 1 atom stereocenters. The first-order chi connectivity index (χ1) is 7.68. The average Bonchev–Trinajstić information content (AvgIpc) is 2.66. The van der Waals surface area contributed by atoms with E-state index in [1.807, 2.05) is 11.9 Å². The van der Waals surface area contributed by atoms with Crippen LogP contribution in [0.3, 0.4) is 0 Å². The molecule has 1 N–H and O–H groups in total. The molecule has 1 unspecified atom stereocenters. The van der Waals surface area contributed by atoms with Crippen LogP contribution in [-0.2, 0) is 16.6 Å². The predicted molar refractivity (Wildman–Crippen MR) is 56.0 cm³/mol. The lowest BCUT2D eigenvalue weighted by molar-refractivity contribution is -0.145. The molecule has 0 aromatic carbocycles. The maximum atomic E-state index is 11.3. The molecule has 88 valence electrons. The molecule has 0 saturated carbocycles. The van der Waals surface area contributed by atoms with Crippen LogP contribution in [0.4, 0.5) is 0 Å². The van der Waals surface area contributed by atoms with E-state index in [0.29, 0.717) is 32.0 Å². The van der Waals surface area contributed by atoms with E-state index in [0.717, 1.165) is 0 Å². The number of carboxylic acid groups (broad SMARTS) is 1. The highest BCUT2D eigenvalue weighted by molar-refractivity contribution is 5.74. The topological polar surface area (TPSA) is 67.6 Å². The molecular formula is C10H15N3O3. The van der Waals surface area contributed by atoms with Gasteiger partial charge in [-0.2, -0.15) is 0 Å². The molecule has 16 heavy (non-hydrogen) atoms. The van der Waals surface area contributed by atoms with E-state index in [1.54, 1.807) is 17.1 Å². The number of carbonyl (C=O) groups is 1. The minimum Gasteiger partial charge on any atom is -0.480 e. The van der Waals surface area contributed by atoms with E-state index in [-0.39, 0.29) is 0 Å². The van der Waals surface area contributed by atoms with Crippen LogP contribution in [0.15, 0.2) is 12.5 Å². The second-order valence-corrected chi connectivity index (χ2v) is 3.85. The first kappa shape index (κ1) is 11.1. The van der Waals surface area contributed by atoms with Gasteiger partial charge in [-0.1, -0.05) is 0 Å². The number of hydrogen-bond donors (Lipinski definition) is 1. The molecule has 0 radical (unpaired) electrons. The Balaban J connectivity index is 2.19. The number of nitrogens with zero attached hydrogens (tertiary/aromatic N) is 3. The SMILES string of the molecule is Cn1cnc(C(C(=O)O)N2CCOCC2)c1. The molecule has 1 aliphatic rings. The number of imidazole rings is 1. The van der Waals surface area contributed by atoms with Crippen LogP contribution in [-0.4, -0.2) is 51.8 Å². The summed E-state index contributed by atoms with van der Waals surface area (Å²) in [6, 6.07) is -0.662. The number of aryl methyl sites for hydroxylation is 1. The lowest BCUT2D eigenvalue weighted by atomic mass is 10.2. The molecule has 1 aliphatic heterocycles. The Morgan fingerprint density at radius 3 is 2.75 bits per heavy atom. The van der Waals surface area contributed by atoms with Gasteiger partial charge in [0.1, 0.15) is 0 Å². The number of rotatable bonds is 3. The zero-order chi connectivity index (χ0) is 11.5. The summed E-state index contributed by atoms with van der Waals surface area (Å²) in [4.78, 5) is 17.3. The highest BCUT2D eigenvalue weighted by Crippen LogP contribution is 2.20. The summed E-state index contributed by atoms with van der Waals surface area (Å²) in [7, 11) is 1.83. The van der Waals surface area contributed by atoms with Gasteiger partial charge in [-0.25, -0.2) is 4.98 Å². The van der Waals surface area contributed by atoms with Gasteiger partial charge in [-0.05, 0) is 0 Å². The first-order valence-electron chi connectivity index (χ1n) is 5.21. The molecule has 6 nitrogen and oxygen atoms in total. The van der Waals surface area contributed by atoms with Crippen LogP contribution in [0.2, 0.25) is 0 Å². The van der Waals surface area contributed by atoms with E-state index in [4.69, 9.17) is 4.74 Å². The normalized spacial score (nSPS) is 19.6. The average molecular weight is 225 g/mol. The lowest BCUT2D eigenvalue weighted by Crippen LogP contribution is -2.42. The zero-order valence-electron chi connectivity index (χ0n) is 9.17. The van der Waals surface area contributed by atoms with Crippen molar-refractivity contribution in [2.24, 2.45) is 7.05 Å². The minimum absolute atomic E-state index is 0.580. The highest BCUT2D eigenvalue weighted by Gasteiger charge is 2.30. The summed E-state index contributed by atoms with van der Waals surface area (Å²) < 4.78 is 6.97. The van der Waals surface area contributed by atoms with Crippen LogP contribution >= 0.6 is 0 Å². The second-order valence-electron chi connectivity index (χ2n) is 3.85. The van der Waals surface area contributed by atoms with Gasteiger partial charge in [0, 0.05) is 26.3 Å². The Bertz CT molecular complexity index is 371. The quantitative estimate of drug-likeness (QED) is 0.776. The third kappa shape index (κ3) is 2.23. The van der Waals surface area contributed by atoms with Crippen LogP contribution in [0, 0.1) is 0 Å². The van der Waals surface area contributed by atoms with Crippen LogP contribution < -0.4 is 0 Å². The predicted octanol–water partition coefficient (Wildman–Crippen LogP) is -0.122. The maximum absolute atomic E-state index is 11.3. The molecule has 0 amide bonds. The molecule has 0 aliphatic carbocycles. The molecule has 0 spiro atoms. The number of aliphatic carboxylic acids is 1. The van der Waals surface area contributed by atoms with Gasteiger partial charge in [0.15, 0.2) is 6.04 Å². The molecule has 2 heterocycles. The molecule has 1 aromatic heterocycles. The van der Waals surface area contributed by atoms with Crippen molar-refractivity contribution in [1.29, 1.82) is 0 Å². The molecule has 6 heteroatoms. The van der Waals surface area contributed by atoms with Crippen LogP contribution in [0.5, 0.6) is 0 Å². The van der Waals surface area contributed by atoms with Gasteiger partial charge >= 0.3 is 5.97 Å². The van der Waals surface area contributed by atoms with Crippen molar-refractivity contribution in [2.75, 3.05) is 26.3 Å². The number of morpholine rings is 1. The summed E-state index contributed by atoms with van der Waals surface area (Å²) in [6.07, 6.45) is 3.36. The molecule has 1 aromatic rings. The van der Waals surface area contributed by atoms with Gasteiger partial charge in [0.2, 0.25) is 0 Å². The van der Waals surface area contributed by atoms with Crippen molar-refractivity contribution in [2.45, 2.75) is 6.04 Å². The van der Waals surface area contributed by atoms with Gasteiger partial charge in [-0.3, -0.25) is 9.69 Å². The first-order valence-corrected chi connectivity index (χ1v) is 5.21. The number of hydrogen-bond acceptors (Lipinski definition) is 4. The summed E-state index contributed by atoms with van der Waals surface area (Å²) in [6.45, 7) is 2.42. The van der Waals surface area contributed by atoms with Crippen molar-refractivity contribution in [3.8, 4) is 0 Å². The monoisotopic (exact) mass is 225 g/mol. The van der Waals surface area contributed by atoms with Crippen LogP contribution in [0.1, 0.15) is 11.7 Å². The summed E-state index contributed by atoms with van der Waals surface area (Å²) in [5.74, 6) is -0.861. The summed E-state index contributed by atoms with van der Waals surface area (Å²) >= 11 is 0. The van der Waals surface area contributed by atoms with E-state index in [1.165, 1.54) is 0 Å². The van der Waals surface area contributed by atoms with Crippen molar-refractivity contribution < 1.29 is 14.6 Å². The molecule has 0 bridgehead atoms. The van der Waals surface area contributed by atoms with Crippen LogP contribution in [0.25, 0.3) is 0 Å². The third-order valence-electron chi connectivity index (χ3n) is 2.65. The molecule has 1 saturated heterocycles. The van der Waals surface area contributed by atoms with Crippen molar-refractivity contribution in [1.82, 2.24) is 14.5 Å². The van der Waals surface area contributed by atoms with E-state index < -0.39 is 12.0 Å². The fourth-order valence-electron chi connectivity index (χ4n) is 1.88.